The van der Waals surface area contributed by atoms with E-state index in [0.29, 0.717) is 19.0 Å². The Morgan fingerprint density at radius 1 is 1.16 bits per heavy atom. The molecule has 25 heavy (non-hydrogen) atoms. The lowest BCUT2D eigenvalue weighted by atomic mass is 10.2. The van der Waals surface area contributed by atoms with Crippen molar-refractivity contribution in [3.63, 3.8) is 0 Å². The van der Waals surface area contributed by atoms with Crippen molar-refractivity contribution in [2.24, 2.45) is 4.99 Å². The molecule has 0 aromatic heterocycles. The van der Waals surface area contributed by atoms with E-state index in [1.54, 1.807) is 13.2 Å². The second-order valence-corrected chi connectivity index (χ2v) is 5.32. The van der Waals surface area contributed by atoms with E-state index in [1.807, 2.05) is 37.3 Å². The predicted molar refractivity (Wildman–Crippen MR) is 97.7 cm³/mol. The van der Waals surface area contributed by atoms with Gasteiger partial charge in [0.2, 0.25) is 0 Å². The summed E-state index contributed by atoms with van der Waals surface area (Å²) in [6, 6.07) is 14.3. The Morgan fingerprint density at radius 3 is 2.56 bits per heavy atom. The van der Waals surface area contributed by atoms with Gasteiger partial charge in [0.1, 0.15) is 5.75 Å². The minimum Gasteiger partial charge on any atom is -0.497 e. The number of guanidine groups is 1. The second kappa shape index (κ2) is 9.27. The summed E-state index contributed by atoms with van der Waals surface area (Å²) in [6.07, 6.45) is 0. The maximum atomic E-state index is 10.8. The zero-order valence-corrected chi connectivity index (χ0v) is 14.4. The predicted octanol–water partition coefficient (Wildman–Crippen LogP) is 2.86. The van der Waals surface area contributed by atoms with Gasteiger partial charge in [0.05, 0.1) is 18.6 Å². The number of nitrogens with zero attached hydrogens (tertiary/aromatic N) is 2. The molecule has 0 bridgehead atoms. The van der Waals surface area contributed by atoms with Crippen LogP contribution in [0, 0.1) is 10.1 Å². The molecule has 0 unspecified atom stereocenters. The van der Waals surface area contributed by atoms with Gasteiger partial charge in [-0.05, 0) is 30.2 Å². The molecule has 2 aromatic carbocycles. The smallest absolute Gasteiger partial charge is 0.269 e. The van der Waals surface area contributed by atoms with Crippen molar-refractivity contribution in [2.75, 3.05) is 13.7 Å². The first-order chi connectivity index (χ1) is 12.1. The number of methoxy groups -OCH3 is 1. The van der Waals surface area contributed by atoms with Crippen LogP contribution in [0.25, 0.3) is 0 Å². The largest absolute Gasteiger partial charge is 0.497 e. The molecule has 0 aliphatic heterocycles. The zero-order chi connectivity index (χ0) is 18.1. The van der Waals surface area contributed by atoms with E-state index < -0.39 is 4.92 Å². The first-order valence-electron chi connectivity index (χ1n) is 8.01. The SMILES string of the molecule is CCNC(=NCc1cccc([N+](=O)[O-])c1)NCc1ccc(OC)cc1. The average Bonchev–Trinajstić information content (AvgIpc) is 2.64. The molecule has 0 atom stereocenters. The molecule has 7 nitrogen and oxygen atoms in total. The van der Waals surface area contributed by atoms with Crippen molar-refractivity contribution in [3.05, 3.63) is 69.8 Å². The standard InChI is InChI=1S/C18H22N4O3/c1-3-19-18(20-12-14-7-9-17(25-2)10-8-14)21-13-15-5-4-6-16(11-15)22(23)24/h4-11H,3,12-13H2,1-2H3,(H2,19,20,21). The van der Waals surface area contributed by atoms with E-state index in [2.05, 4.69) is 15.6 Å². The van der Waals surface area contributed by atoms with Crippen LogP contribution < -0.4 is 15.4 Å². The topological polar surface area (TPSA) is 88.8 Å². The van der Waals surface area contributed by atoms with Crippen LogP contribution in [-0.4, -0.2) is 24.5 Å². The third-order valence-corrected chi connectivity index (χ3v) is 3.50. The van der Waals surface area contributed by atoms with E-state index in [1.165, 1.54) is 12.1 Å². The van der Waals surface area contributed by atoms with Gasteiger partial charge in [0, 0.05) is 25.2 Å². The summed E-state index contributed by atoms with van der Waals surface area (Å²) in [7, 11) is 1.64. The Hall–Kier alpha value is -3.09. The van der Waals surface area contributed by atoms with E-state index in [4.69, 9.17) is 4.74 Å². The number of ether oxygens (including phenoxy) is 1. The summed E-state index contributed by atoms with van der Waals surface area (Å²) < 4.78 is 5.14. The summed E-state index contributed by atoms with van der Waals surface area (Å²) in [4.78, 5) is 14.9. The minimum absolute atomic E-state index is 0.0730. The van der Waals surface area contributed by atoms with Crippen LogP contribution in [-0.2, 0) is 13.1 Å². The quantitative estimate of drug-likeness (QED) is 0.349. The van der Waals surface area contributed by atoms with Gasteiger partial charge in [-0.2, -0.15) is 0 Å². The first kappa shape index (κ1) is 18.3. The highest BCUT2D eigenvalue weighted by Gasteiger charge is 2.05. The average molecular weight is 342 g/mol. The number of hydrogen-bond acceptors (Lipinski definition) is 4. The minimum atomic E-state index is -0.402. The lowest BCUT2D eigenvalue weighted by Crippen LogP contribution is -2.36. The highest BCUT2D eigenvalue weighted by molar-refractivity contribution is 5.79. The van der Waals surface area contributed by atoms with E-state index in [0.717, 1.165) is 23.4 Å². The van der Waals surface area contributed by atoms with Crippen LogP contribution in [0.3, 0.4) is 0 Å². The van der Waals surface area contributed by atoms with Crippen molar-refractivity contribution in [1.82, 2.24) is 10.6 Å². The van der Waals surface area contributed by atoms with Gasteiger partial charge < -0.3 is 15.4 Å². The lowest BCUT2D eigenvalue weighted by Gasteiger charge is -2.11. The van der Waals surface area contributed by atoms with Gasteiger partial charge in [0.25, 0.3) is 5.69 Å². The van der Waals surface area contributed by atoms with Gasteiger partial charge in [-0.25, -0.2) is 4.99 Å². The number of nitro groups is 1. The molecule has 0 radical (unpaired) electrons. The summed E-state index contributed by atoms with van der Waals surface area (Å²) in [5.41, 5.74) is 1.96. The van der Waals surface area contributed by atoms with Crippen molar-refractivity contribution < 1.29 is 9.66 Å². The number of rotatable bonds is 7. The molecule has 0 saturated heterocycles. The van der Waals surface area contributed by atoms with Crippen molar-refractivity contribution in [2.45, 2.75) is 20.0 Å². The lowest BCUT2D eigenvalue weighted by molar-refractivity contribution is -0.384. The van der Waals surface area contributed by atoms with Gasteiger partial charge in [-0.15, -0.1) is 0 Å². The van der Waals surface area contributed by atoms with Crippen molar-refractivity contribution >= 4 is 11.6 Å². The van der Waals surface area contributed by atoms with E-state index in [9.17, 15) is 10.1 Å². The highest BCUT2D eigenvalue weighted by Crippen LogP contribution is 2.14. The fourth-order valence-corrected chi connectivity index (χ4v) is 2.21. The Balaban J connectivity index is 1.99. The molecule has 0 aliphatic rings. The Kier molecular flexibility index (Phi) is 6.76. The second-order valence-electron chi connectivity index (χ2n) is 5.32. The molecule has 0 saturated carbocycles. The van der Waals surface area contributed by atoms with Crippen LogP contribution in [0.2, 0.25) is 0 Å². The summed E-state index contributed by atoms with van der Waals surface area (Å²) >= 11 is 0. The number of nitro benzene ring substituents is 1. The van der Waals surface area contributed by atoms with Crippen molar-refractivity contribution in [1.29, 1.82) is 0 Å². The zero-order valence-electron chi connectivity index (χ0n) is 14.4. The molecular weight excluding hydrogens is 320 g/mol. The maximum Gasteiger partial charge on any atom is 0.269 e. The molecular formula is C18H22N4O3. The summed E-state index contributed by atoms with van der Waals surface area (Å²) in [6.45, 7) is 3.69. The number of non-ortho nitro benzene ring substituents is 1. The maximum absolute atomic E-state index is 10.8. The van der Waals surface area contributed by atoms with Crippen LogP contribution in [0.5, 0.6) is 5.75 Å². The van der Waals surface area contributed by atoms with Crippen molar-refractivity contribution in [3.8, 4) is 5.75 Å². The molecule has 132 valence electrons. The Labute approximate surface area is 146 Å². The van der Waals surface area contributed by atoms with E-state index in [-0.39, 0.29) is 5.69 Å². The van der Waals surface area contributed by atoms with Gasteiger partial charge in [-0.3, -0.25) is 10.1 Å². The summed E-state index contributed by atoms with van der Waals surface area (Å²) in [5.74, 6) is 1.47. The molecule has 0 fully saturated rings. The fraction of sp³-hybridized carbons (Fsp3) is 0.278. The van der Waals surface area contributed by atoms with Crippen LogP contribution >= 0.6 is 0 Å². The number of benzene rings is 2. The Bertz CT molecular complexity index is 729. The molecule has 0 spiro atoms. The normalized spacial score (nSPS) is 11.0. The third-order valence-electron chi connectivity index (χ3n) is 3.50. The highest BCUT2D eigenvalue weighted by atomic mass is 16.6. The van der Waals surface area contributed by atoms with Gasteiger partial charge >= 0.3 is 0 Å². The number of hydrogen-bond donors (Lipinski definition) is 2. The van der Waals surface area contributed by atoms with Gasteiger partial charge in [-0.1, -0.05) is 24.3 Å². The third kappa shape index (κ3) is 5.80. The van der Waals surface area contributed by atoms with Crippen LogP contribution in [0.1, 0.15) is 18.1 Å². The number of nitrogens with one attached hydrogen (secondary N) is 2. The van der Waals surface area contributed by atoms with Crippen LogP contribution in [0.4, 0.5) is 5.69 Å². The molecule has 0 amide bonds. The molecule has 0 aliphatic carbocycles. The number of aliphatic imine (C=N–C) groups is 1. The monoisotopic (exact) mass is 342 g/mol. The molecule has 7 heteroatoms. The Morgan fingerprint density at radius 2 is 1.92 bits per heavy atom. The van der Waals surface area contributed by atoms with Crippen LogP contribution in [0.15, 0.2) is 53.5 Å². The molecule has 2 aromatic rings. The molecule has 2 rings (SSSR count). The van der Waals surface area contributed by atoms with E-state index >= 15 is 0 Å². The molecule has 2 N–H and O–H groups in total. The van der Waals surface area contributed by atoms with Gasteiger partial charge in [0.15, 0.2) is 5.96 Å². The first-order valence-corrected chi connectivity index (χ1v) is 8.01. The summed E-state index contributed by atoms with van der Waals surface area (Å²) in [5, 5.41) is 17.2. The fourth-order valence-electron chi connectivity index (χ4n) is 2.21. The molecule has 0 heterocycles.